The van der Waals surface area contributed by atoms with Gasteiger partial charge in [-0.05, 0) is 107 Å². The van der Waals surface area contributed by atoms with Gasteiger partial charge in [0.2, 0.25) is 10.6 Å². The summed E-state index contributed by atoms with van der Waals surface area (Å²) in [6, 6.07) is 10.6. The molecule has 3 aromatic heterocycles. The summed E-state index contributed by atoms with van der Waals surface area (Å²) in [6.45, 7) is 0. The van der Waals surface area contributed by atoms with Crippen LogP contribution >= 0.6 is 82.6 Å². The third kappa shape index (κ3) is 7.99. The van der Waals surface area contributed by atoms with E-state index >= 15 is 0 Å². The number of halogens is 6. The first-order chi connectivity index (χ1) is 21.4. The number of anilines is 1. The second kappa shape index (κ2) is 16.0. The molecule has 0 aliphatic heterocycles. The van der Waals surface area contributed by atoms with E-state index in [1.54, 1.807) is 38.5 Å². The summed E-state index contributed by atoms with van der Waals surface area (Å²) >= 11 is 27.4. The minimum Gasteiger partial charge on any atom is -0.496 e. The fraction of sp³-hybridized carbons (Fsp3) is 0.111. The zero-order chi connectivity index (χ0) is 33.0. The largest absolute Gasteiger partial charge is 0.496 e. The van der Waals surface area contributed by atoms with Gasteiger partial charge >= 0.3 is 5.69 Å². The molecule has 46 heavy (non-hydrogen) atoms. The number of nitrogens with two attached hydrogens (primary N) is 1. The Morgan fingerprint density at radius 3 is 1.65 bits per heavy atom. The van der Waals surface area contributed by atoms with Crippen LogP contribution in [0.15, 0.2) is 59.4 Å². The summed E-state index contributed by atoms with van der Waals surface area (Å²) < 4.78 is 17.6. The van der Waals surface area contributed by atoms with E-state index in [0.29, 0.717) is 60.2 Å². The number of methoxy groups -OCH3 is 3. The maximum atomic E-state index is 11.6. The zero-order valence-electron chi connectivity index (χ0n) is 23.8. The van der Waals surface area contributed by atoms with Crippen molar-refractivity contribution >= 4 is 121 Å². The normalized spacial score (nSPS) is 10.4. The third-order valence-corrected chi connectivity index (χ3v) is 8.48. The molecular formula is C27H22Br3Cl3N8O5. The summed E-state index contributed by atoms with van der Waals surface area (Å²) in [5.41, 5.74) is 6.48. The Bertz CT molecular complexity index is 2090. The van der Waals surface area contributed by atoms with Crippen molar-refractivity contribution in [1.82, 2.24) is 36.1 Å². The molecule has 0 amide bonds. The minimum absolute atomic E-state index is 0. The van der Waals surface area contributed by atoms with Crippen LogP contribution < -0.4 is 37.3 Å². The van der Waals surface area contributed by atoms with Crippen molar-refractivity contribution in [3.05, 3.63) is 86.4 Å². The van der Waals surface area contributed by atoms with Gasteiger partial charge in [-0.2, -0.15) is 0 Å². The lowest BCUT2D eigenvalue weighted by molar-refractivity contribution is 0.419. The van der Waals surface area contributed by atoms with Crippen LogP contribution in [-0.4, -0.2) is 51.2 Å². The van der Waals surface area contributed by atoms with Crippen LogP contribution in [0.5, 0.6) is 17.2 Å². The highest BCUT2D eigenvalue weighted by atomic mass is 79.9. The van der Waals surface area contributed by atoms with Gasteiger partial charge in [-0.3, -0.25) is 9.78 Å². The average molecular weight is 885 g/mol. The molecule has 0 aliphatic carbocycles. The summed E-state index contributed by atoms with van der Waals surface area (Å²) in [6.07, 6.45) is 0. The van der Waals surface area contributed by atoms with Crippen LogP contribution in [0.4, 0.5) is 5.82 Å². The van der Waals surface area contributed by atoms with Crippen LogP contribution in [0, 0.1) is 0 Å². The molecule has 19 heteroatoms. The smallest absolute Gasteiger partial charge is 0.326 e. The predicted octanol–water partition coefficient (Wildman–Crippen LogP) is 7.49. The van der Waals surface area contributed by atoms with Crippen LogP contribution in [0.1, 0.15) is 0 Å². The summed E-state index contributed by atoms with van der Waals surface area (Å²) in [7, 11) is 4.59. The van der Waals surface area contributed by atoms with E-state index in [9.17, 15) is 9.59 Å². The Balaban J connectivity index is 0.000000186. The number of aromatic nitrogens is 6. The SMILES string of the molecule is COc1ccc(Br)c2[nH]c(=O)[nH]c(=O)c12.COc1ccc(Br)c2nc(Cl)nc(Cl)c12.COc1ccc(Br)c2nc(Cl)nc(N)c12.N. The Labute approximate surface area is 300 Å². The molecule has 0 fully saturated rings. The van der Waals surface area contributed by atoms with Crippen LogP contribution in [0.25, 0.3) is 32.7 Å². The number of nitrogens with zero attached hydrogens (tertiary/aromatic N) is 4. The van der Waals surface area contributed by atoms with Gasteiger partial charge in [0.1, 0.15) is 33.6 Å². The first-order valence-corrected chi connectivity index (χ1v) is 15.7. The molecule has 13 nitrogen and oxygen atoms in total. The number of fused-ring (bicyclic) bond motifs is 3. The second-order valence-electron chi connectivity index (χ2n) is 8.52. The highest BCUT2D eigenvalue weighted by Crippen LogP contribution is 2.36. The van der Waals surface area contributed by atoms with Gasteiger partial charge < -0.3 is 31.1 Å². The first kappa shape index (κ1) is 37.2. The molecule has 242 valence electrons. The number of hydrogen-bond acceptors (Lipinski definition) is 11. The molecule has 0 unspecified atom stereocenters. The number of aromatic amines is 2. The number of hydrogen-bond donors (Lipinski definition) is 4. The topological polar surface area (TPSA) is 206 Å². The van der Waals surface area contributed by atoms with E-state index in [-0.39, 0.29) is 21.9 Å². The van der Waals surface area contributed by atoms with Gasteiger partial charge in [-0.25, -0.2) is 24.7 Å². The lowest BCUT2D eigenvalue weighted by Crippen LogP contribution is -2.22. The van der Waals surface area contributed by atoms with Gasteiger partial charge in [0, 0.05) is 13.4 Å². The second-order valence-corrected chi connectivity index (χ2v) is 12.1. The van der Waals surface area contributed by atoms with Gasteiger partial charge in [-0.15, -0.1) is 0 Å². The third-order valence-electron chi connectivity index (χ3n) is 5.92. The van der Waals surface area contributed by atoms with E-state index in [1.807, 2.05) is 12.1 Å². The Hall–Kier alpha value is -3.25. The fourth-order valence-corrected chi connectivity index (χ4v) is 5.93. The van der Waals surface area contributed by atoms with Crippen LogP contribution in [-0.2, 0) is 0 Å². The molecule has 0 saturated heterocycles. The number of ether oxygens (including phenoxy) is 3. The highest BCUT2D eigenvalue weighted by Gasteiger charge is 2.14. The molecule has 6 rings (SSSR count). The number of benzene rings is 3. The maximum Gasteiger partial charge on any atom is 0.326 e. The Morgan fingerprint density at radius 2 is 1.11 bits per heavy atom. The molecule has 6 aromatic rings. The summed E-state index contributed by atoms with van der Waals surface area (Å²) in [4.78, 5) is 43.3. The van der Waals surface area contributed by atoms with Gasteiger partial charge in [0.15, 0.2) is 0 Å². The fourth-order valence-electron chi connectivity index (χ4n) is 4.01. The van der Waals surface area contributed by atoms with Crippen molar-refractivity contribution < 1.29 is 14.2 Å². The molecule has 7 N–H and O–H groups in total. The van der Waals surface area contributed by atoms with Crippen molar-refractivity contribution in [3.8, 4) is 17.2 Å². The molecule has 0 aliphatic rings. The lowest BCUT2D eigenvalue weighted by atomic mass is 10.2. The van der Waals surface area contributed by atoms with Crippen molar-refractivity contribution in [2.75, 3.05) is 27.1 Å². The first-order valence-electron chi connectivity index (χ1n) is 12.2. The van der Waals surface area contributed by atoms with E-state index < -0.39 is 11.2 Å². The maximum absolute atomic E-state index is 11.6. The van der Waals surface area contributed by atoms with Gasteiger partial charge in [-0.1, -0.05) is 11.6 Å². The van der Waals surface area contributed by atoms with Gasteiger partial charge in [0.05, 0.1) is 48.7 Å². The van der Waals surface area contributed by atoms with E-state index in [0.717, 1.165) is 8.95 Å². The lowest BCUT2D eigenvalue weighted by Gasteiger charge is -2.08. The number of nitrogens with one attached hydrogen (secondary N) is 2. The van der Waals surface area contributed by atoms with Crippen molar-refractivity contribution in [2.45, 2.75) is 0 Å². The van der Waals surface area contributed by atoms with Gasteiger partial charge in [0.25, 0.3) is 5.56 Å². The number of nitrogen functional groups attached to an aromatic ring is 1. The Morgan fingerprint density at radius 1 is 0.652 bits per heavy atom. The van der Waals surface area contributed by atoms with Crippen molar-refractivity contribution in [2.24, 2.45) is 0 Å². The van der Waals surface area contributed by atoms with Crippen LogP contribution in [0.3, 0.4) is 0 Å². The average Bonchev–Trinajstić information content (AvgIpc) is 2.99. The predicted molar refractivity (Wildman–Crippen MR) is 191 cm³/mol. The molecule has 0 saturated carbocycles. The van der Waals surface area contributed by atoms with Crippen LogP contribution in [0.2, 0.25) is 15.7 Å². The summed E-state index contributed by atoms with van der Waals surface area (Å²) in [5, 5.41) is 2.15. The standard InChI is InChI=1S/C9H5BrCl2N2O.C9H7BrClN3O.C9H7BrN2O3.H3N/c1-15-5-3-2-4(10)7-6(5)8(11)14-9(12)13-7;1-15-5-3-2-4(10)7-6(5)8(12)14-9(11)13-7;1-15-5-3-2-4(10)7-6(5)8(13)12-9(14)11-7;/h2-3H,1H3;2-3H,1H3,(H2,12,13,14);2-3H,1H3,(H2,11,12,13,14);1H3. The Kier molecular flexibility index (Phi) is 13.0. The van der Waals surface area contributed by atoms with Crippen molar-refractivity contribution in [3.63, 3.8) is 0 Å². The number of rotatable bonds is 3. The molecule has 3 heterocycles. The zero-order valence-corrected chi connectivity index (χ0v) is 30.9. The highest BCUT2D eigenvalue weighted by molar-refractivity contribution is 9.11. The van der Waals surface area contributed by atoms with E-state index in [2.05, 4.69) is 77.7 Å². The molecule has 0 radical (unpaired) electrons. The van der Waals surface area contributed by atoms with E-state index in [1.165, 1.54) is 7.11 Å². The molecule has 0 bridgehead atoms. The minimum atomic E-state index is -0.540. The molecular weight excluding hydrogens is 862 g/mol. The molecule has 0 spiro atoms. The van der Waals surface area contributed by atoms with Crippen molar-refractivity contribution in [1.29, 1.82) is 0 Å². The summed E-state index contributed by atoms with van der Waals surface area (Å²) in [5.74, 6) is 1.98. The number of H-pyrrole nitrogens is 2. The molecule has 0 atom stereocenters. The monoisotopic (exact) mass is 880 g/mol. The van der Waals surface area contributed by atoms with E-state index in [4.69, 9.17) is 54.7 Å². The quantitative estimate of drug-likeness (QED) is 0.101. The molecule has 3 aromatic carbocycles.